The molecule has 0 saturated heterocycles. The number of carbonyl (C=O) groups excluding carboxylic acids is 1. The highest BCUT2D eigenvalue weighted by atomic mass is 19.1. The van der Waals surface area contributed by atoms with E-state index in [-0.39, 0.29) is 29.7 Å². The molecule has 0 aliphatic carbocycles. The van der Waals surface area contributed by atoms with Crippen molar-refractivity contribution in [2.24, 2.45) is 11.1 Å². The zero-order valence-electron chi connectivity index (χ0n) is 10.5. The van der Waals surface area contributed by atoms with Gasteiger partial charge in [-0.1, -0.05) is 32.9 Å². The lowest BCUT2D eigenvalue weighted by Crippen LogP contribution is -2.39. The highest BCUT2D eigenvalue weighted by molar-refractivity contribution is 5.78. The Morgan fingerprint density at radius 3 is 2.29 bits per heavy atom. The van der Waals surface area contributed by atoms with Gasteiger partial charge in [0.15, 0.2) is 0 Å². The number of carbonyl (C=O) groups is 1. The van der Waals surface area contributed by atoms with E-state index in [0.29, 0.717) is 0 Å². The van der Waals surface area contributed by atoms with Crippen LogP contribution in [0.1, 0.15) is 32.4 Å². The molecule has 0 heterocycles. The molecule has 0 aromatic heterocycles. The molecule has 4 heteroatoms. The molecule has 17 heavy (non-hydrogen) atoms. The van der Waals surface area contributed by atoms with Crippen LogP contribution in [0.2, 0.25) is 0 Å². The normalized spacial score (nSPS) is 13.2. The molecule has 1 aromatic carbocycles. The first-order chi connectivity index (χ1) is 7.84. The summed E-state index contributed by atoms with van der Waals surface area (Å²) < 4.78 is 12.9. The molecule has 94 valence electrons. The van der Waals surface area contributed by atoms with E-state index in [9.17, 15) is 9.18 Å². The molecule has 0 aliphatic heterocycles. The number of nitrogens with one attached hydrogen (secondary N) is 1. The van der Waals surface area contributed by atoms with Crippen molar-refractivity contribution in [2.75, 3.05) is 6.54 Å². The van der Waals surface area contributed by atoms with Crippen molar-refractivity contribution in [3.05, 3.63) is 35.6 Å². The van der Waals surface area contributed by atoms with Crippen molar-refractivity contribution >= 4 is 5.91 Å². The minimum Gasteiger partial charge on any atom is -0.348 e. The molecule has 0 radical (unpaired) electrons. The van der Waals surface area contributed by atoms with E-state index in [1.54, 1.807) is 12.1 Å². The van der Waals surface area contributed by atoms with Gasteiger partial charge in [-0.05, 0) is 23.1 Å². The summed E-state index contributed by atoms with van der Waals surface area (Å²) in [6.07, 6.45) is 0. The number of hydrogen-bond donors (Lipinski definition) is 2. The fourth-order valence-electron chi connectivity index (χ4n) is 1.67. The molecule has 0 aliphatic rings. The van der Waals surface area contributed by atoms with E-state index in [4.69, 9.17) is 5.73 Å². The van der Waals surface area contributed by atoms with Gasteiger partial charge in [-0.15, -0.1) is 0 Å². The summed E-state index contributed by atoms with van der Waals surface area (Å²) in [6, 6.07) is 5.97. The average molecular weight is 238 g/mol. The minimum atomic E-state index is -0.286. The third kappa shape index (κ3) is 3.82. The number of amides is 1. The Morgan fingerprint density at radius 1 is 1.35 bits per heavy atom. The number of rotatable bonds is 3. The lowest BCUT2D eigenvalue weighted by Gasteiger charge is -2.31. The zero-order valence-corrected chi connectivity index (χ0v) is 10.5. The van der Waals surface area contributed by atoms with Crippen LogP contribution in [0.5, 0.6) is 0 Å². The summed E-state index contributed by atoms with van der Waals surface area (Å²) in [5.74, 6) is -0.499. The summed E-state index contributed by atoms with van der Waals surface area (Å²) in [6.45, 7) is 5.99. The van der Waals surface area contributed by atoms with Crippen LogP contribution in [-0.4, -0.2) is 12.5 Å². The Balaban J connectivity index is 2.98. The van der Waals surface area contributed by atoms with Gasteiger partial charge in [-0.3, -0.25) is 4.79 Å². The van der Waals surface area contributed by atoms with Crippen molar-refractivity contribution in [1.82, 2.24) is 5.32 Å². The molecule has 1 rings (SSSR count). The lowest BCUT2D eigenvalue weighted by molar-refractivity contribution is -0.121. The molecule has 0 saturated carbocycles. The molecule has 3 N–H and O–H groups in total. The van der Waals surface area contributed by atoms with Gasteiger partial charge in [0.2, 0.25) is 5.91 Å². The van der Waals surface area contributed by atoms with Crippen LogP contribution in [0.25, 0.3) is 0 Å². The smallest absolute Gasteiger partial charge is 0.234 e. The van der Waals surface area contributed by atoms with E-state index >= 15 is 0 Å². The summed E-state index contributed by atoms with van der Waals surface area (Å²) in [7, 11) is 0. The SMILES string of the molecule is CC(C)(C)C(NC(=O)CN)c1ccc(F)cc1. The zero-order chi connectivity index (χ0) is 13.1. The van der Waals surface area contributed by atoms with Crippen molar-refractivity contribution in [1.29, 1.82) is 0 Å². The van der Waals surface area contributed by atoms with Gasteiger partial charge in [0.25, 0.3) is 0 Å². The molecule has 0 fully saturated rings. The van der Waals surface area contributed by atoms with Gasteiger partial charge in [0.1, 0.15) is 5.82 Å². The topological polar surface area (TPSA) is 55.1 Å². The van der Waals surface area contributed by atoms with Gasteiger partial charge >= 0.3 is 0 Å². The second-order valence-corrected chi connectivity index (χ2v) is 5.12. The monoisotopic (exact) mass is 238 g/mol. The predicted octanol–water partition coefficient (Wildman–Crippen LogP) is 1.99. The van der Waals surface area contributed by atoms with Crippen LogP contribution in [0, 0.1) is 11.2 Å². The molecule has 1 amide bonds. The first-order valence-electron chi connectivity index (χ1n) is 5.59. The Kier molecular flexibility index (Phi) is 4.23. The van der Waals surface area contributed by atoms with E-state index < -0.39 is 0 Å². The highest BCUT2D eigenvalue weighted by Gasteiger charge is 2.27. The van der Waals surface area contributed by atoms with E-state index in [1.165, 1.54) is 12.1 Å². The van der Waals surface area contributed by atoms with Crippen LogP contribution in [0.3, 0.4) is 0 Å². The van der Waals surface area contributed by atoms with Gasteiger partial charge in [0.05, 0.1) is 12.6 Å². The van der Waals surface area contributed by atoms with Gasteiger partial charge < -0.3 is 11.1 Å². The van der Waals surface area contributed by atoms with Crippen molar-refractivity contribution < 1.29 is 9.18 Å². The molecule has 0 spiro atoms. The molecule has 1 atom stereocenters. The molecular formula is C13H19FN2O. The van der Waals surface area contributed by atoms with E-state index in [1.807, 2.05) is 20.8 Å². The van der Waals surface area contributed by atoms with E-state index in [2.05, 4.69) is 5.32 Å². The van der Waals surface area contributed by atoms with Gasteiger partial charge in [-0.2, -0.15) is 0 Å². The van der Waals surface area contributed by atoms with Crippen LogP contribution >= 0.6 is 0 Å². The first-order valence-corrected chi connectivity index (χ1v) is 5.59. The standard InChI is InChI=1S/C13H19FN2O/c1-13(2,3)12(16-11(17)8-15)9-4-6-10(14)7-5-9/h4-7,12H,8,15H2,1-3H3,(H,16,17). The summed E-state index contributed by atoms with van der Waals surface area (Å²) in [5.41, 5.74) is 6.01. The number of benzene rings is 1. The molecule has 0 bridgehead atoms. The van der Waals surface area contributed by atoms with Gasteiger partial charge in [0, 0.05) is 0 Å². The molecule has 1 aromatic rings. The van der Waals surface area contributed by atoms with Crippen LogP contribution < -0.4 is 11.1 Å². The van der Waals surface area contributed by atoms with Crippen LogP contribution in [0.4, 0.5) is 4.39 Å². The first kappa shape index (κ1) is 13.6. The van der Waals surface area contributed by atoms with Crippen LogP contribution in [-0.2, 0) is 4.79 Å². The van der Waals surface area contributed by atoms with Gasteiger partial charge in [-0.25, -0.2) is 4.39 Å². The lowest BCUT2D eigenvalue weighted by atomic mass is 9.82. The third-order valence-electron chi connectivity index (χ3n) is 2.56. The fourth-order valence-corrected chi connectivity index (χ4v) is 1.67. The summed E-state index contributed by atoms with van der Waals surface area (Å²) in [4.78, 5) is 11.4. The molecule has 3 nitrogen and oxygen atoms in total. The second-order valence-electron chi connectivity index (χ2n) is 5.12. The highest BCUT2D eigenvalue weighted by Crippen LogP contribution is 2.32. The molecular weight excluding hydrogens is 219 g/mol. The second kappa shape index (κ2) is 5.27. The number of nitrogens with two attached hydrogens (primary N) is 1. The third-order valence-corrected chi connectivity index (χ3v) is 2.56. The molecule has 1 unspecified atom stereocenters. The quantitative estimate of drug-likeness (QED) is 0.846. The van der Waals surface area contributed by atoms with Crippen molar-refractivity contribution in [3.8, 4) is 0 Å². The Morgan fingerprint density at radius 2 is 1.88 bits per heavy atom. The Hall–Kier alpha value is -1.42. The fraction of sp³-hybridized carbons (Fsp3) is 0.462. The Labute approximate surface area is 101 Å². The summed E-state index contributed by atoms with van der Waals surface area (Å²) in [5, 5.41) is 2.86. The summed E-state index contributed by atoms with van der Waals surface area (Å²) >= 11 is 0. The number of halogens is 1. The van der Waals surface area contributed by atoms with Crippen LogP contribution in [0.15, 0.2) is 24.3 Å². The van der Waals surface area contributed by atoms with Crippen molar-refractivity contribution in [2.45, 2.75) is 26.8 Å². The predicted molar refractivity (Wildman–Crippen MR) is 65.8 cm³/mol. The minimum absolute atomic E-state index is 0.0478. The maximum Gasteiger partial charge on any atom is 0.234 e. The maximum atomic E-state index is 12.9. The average Bonchev–Trinajstić information content (AvgIpc) is 2.25. The van der Waals surface area contributed by atoms with Crippen molar-refractivity contribution in [3.63, 3.8) is 0 Å². The maximum absolute atomic E-state index is 12.9. The van der Waals surface area contributed by atoms with E-state index in [0.717, 1.165) is 5.56 Å². The number of hydrogen-bond acceptors (Lipinski definition) is 2. The Bertz CT molecular complexity index is 381. The largest absolute Gasteiger partial charge is 0.348 e.